The summed E-state index contributed by atoms with van der Waals surface area (Å²) >= 11 is 9.35. The molecule has 1 aliphatic heterocycles. The fraction of sp³-hybridized carbons (Fsp3) is 0.455. The lowest BCUT2D eigenvalue weighted by Crippen LogP contribution is -2.46. The van der Waals surface area contributed by atoms with Crippen molar-refractivity contribution in [2.45, 2.75) is 39.2 Å². The maximum absolute atomic E-state index is 5.86. The van der Waals surface area contributed by atoms with Crippen LogP contribution < -0.4 is 4.90 Å². The number of hydrogen-bond donors (Lipinski definition) is 0. The van der Waals surface area contributed by atoms with Crippen LogP contribution in [0.15, 0.2) is 29.6 Å². The Kier molecular flexibility index (Phi) is 4.78. The van der Waals surface area contributed by atoms with Crippen molar-refractivity contribution in [1.29, 1.82) is 0 Å². The molecule has 0 N–H and O–H groups in total. The van der Waals surface area contributed by atoms with E-state index in [9.17, 15) is 0 Å². The molecule has 3 heterocycles. The number of fused-ring (bicyclic) bond motifs is 2. The van der Waals surface area contributed by atoms with Gasteiger partial charge >= 0.3 is 0 Å². The van der Waals surface area contributed by atoms with Crippen molar-refractivity contribution < 1.29 is 4.74 Å². The SMILES string of the molecule is CC1(C)CC(=S)c2sc(N3CCOCC3Cc3csc4ccccc34)nc2C1. The Hall–Kier alpha value is -1.34. The molecule has 1 aromatic carbocycles. The van der Waals surface area contributed by atoms with Gasteiger partial charge in [0.25, 0.3) is 0 Å². The third-order valence-corrected chi connectivity index (χ3v) is 8.40. The van der Waals surface area contributed by atoms with Gasteiger partial charge in [-0.2, -0.15) is 0 Å². The van der Waals surface area contributed by atoms with Gasteiger partial charge in [0.2, 0.25) is 0 Å². The molecule has 1 saturated heterocycles. The summed E-state index contributed by atoms with van der Waals surface area (Å²) < 4.78 is 7.22. The maximum atomic E-state index is 5.86. The summed E-state index contributed by atoms with van der Waals surface area (Å²) in [6.07, 6.45) is 3.00. The second-order valence-corrected chi connectivity index (χ2v) is 11.0. The van der Waals surface area contributed by atoms with Gasteiger partial charge < -0.3 is 9.64 Å². The third-order valence-electron chi connectivity index (χ3n) is 5.71. The average molecular weight is 429 g/mol. The van der Waals surface area contributed by atoms with E-state index in [1.54, 1.807) is 11.3 Å². The lowest BCUT2D eigenvalue weighted by atomic mass is 9.78. The zero-order chi connectivity index (χ0) is 19.3. The highest BCUT2D eigenvalue weighted by Crippen LogP contribution is 2.40. The lowest BCUT2D eigenvalue weighted by molar-refractivity contribution is 0.0941. The molecule has 6 heteroatoms. The summed E-state index contributed by atoms with van der Waals surface area (Å²) in [6, 6.07) is 9.00. The molecule has 1 fully saturated rings. The molecule has 28 heavy (non-hydrogen) atoms. The Morgan fingerprint density at radius 2 is 2.14 bits per heavy atom. The first kappa shape index (κ1) is 18.7. The minimum Gasteiger partial charge on any atom is -0.377 e. The highest BCUT2D eigenvalue weighted by Gasteiger charge is 2.34. The molecule has 0 saturated carbocycles. The first-order valence-corrected chi connectivity index (χ1v) is 11.9. The van der Waals surface area contributed by atoms with Crippen LogP contribution in [0.2, 0.25) is 0 Å². The first-order chi connectivity index (χ1) is 13.5. The predicted octanol–water partition coefficient (Wildman–Crippen LogP) is 5.50. The van der Waals surface area contributed by atoms with Gasteiger partial charge in [-0.1, -0.05) is 55.6 Å². The van der Waals surface area contributed by atoms with E-state index in [0.29, 0.717) is 6.04 Å². The molecule has 1 unspecified atom stereocenters. The highest BCUT2D eigenvalue weighted by atomic mass is 32.1. The van der Waals surface area contributed by atoms with Crippen molar-refractivity contribution in [1.82, 2.24) is 4.98 Å². The van der Waals surface area contributed by atoms with E-state index in [0.717, 1.165) is 49.0 Å². The summed E-state index contributed by atoms with van der Waals surface area (Å²) in [4.78, 5) is 9.87. The average Bonchev–Trinajstić information content (AvgIpc) is 3.26. The minimum atomic E-state index is 0.218. The van der Waals surface area contributed by atoms with E-state index >= 15 is 0 Å². The zero-order valence-corrected chi connectivity index (χ0v) is 18.7. The van der Waals surface area contributed by atoms with Crippen LogP contribution in [0.1, 0.15) is 36.4 Å². The number of aromatic nitrogens is 1. The van der Waals surface area contributed by atoms with Gasteiger partial charge in [0.05, 0.1) is 29.8 Å². The molecule has 0 radical (unpaired) electrons. The van der Waals surface area contributed by atoms with Crippen LogP contribution in [0.3, 0.4) is 0 Å². The molecular formula is C22H24N2OS3. The van der Waals surface area contributed by atoms with E-state index in [1.807, 2.05) is 11.3 Å². The summed E-state index contributed by atoms with van der Waals surface area (Å²) in [5.41, 5.74) is 2.83. The summed E-state index contributed by atoms with van der Waals surface area (Å²) in [7, 11) is 0. The number of thiocarbonyl (C=S) groups is 1. The standard InChI is InChI=1S/C22H24N2OS3/c1-22(2)10-17-20(18(26)11-22)28-21(23-17)24-7-8-25-12-15(24)9-14-13-27-19-6-4-3-5-16(14)19/h3-6,13,15H,7-12H2,1-2H3. The van der Waals surface area contributed by atoms with Crippen LogP contribution in [0, 0.1) is 5.41 Å². The second-order valence-electron chi connectivity index (χ2n) is 8.60. The van der Waals surface area contributed by atoms with Crippen molar-refractivity contribution in [2.24, 2.45) is 5.41 Å². The number of hydrogen-bond acceptors (Lipinski definition) is 6. The van der Waals surface area contributed by atoms with Crippen LogP contribution >= 0.6 is 34.9 Å². The zero-order valence-electron chi connectivity index (χ0n) is 16.2. The minimum absolute atomic E-state index is 0.218. The second kappa shape index (κ2) is 7.17. The number of ether oxygens (including phenoxy) is 1. The highest BCUT2D eigenvalue weighted by molar-refractivity contribution is 7.81. The Balaban J connectivity index is 1.45. The van der Waals surface area contributed by atoms with Gasteiger partial charge in [-0.25, -0.2) is 4.98 Å². The van der Waals surface area contributed by atoms with Crippen LogP contribution in [-0.2, 0) is 17.6 Å². The van der Waals surface area contributed by atoms with Gasteiger partial charge in [-0.3, -0.25) is 0 Å². The van der Waals surface area contributed by atoms with Gasteiger partial charge in [-0.05, 0) is 47.1 Å². The third kappa shape index (κ3) is 3.41. The van der Waals surface area contributed by atoms with Crippen molar-refractivity contribution in [3.8, 4) is 0 Å². The first-order valence-electron chi connectivity index (χ1n) is 9.83. The van der Waals surface area contributed by atoms with Gasteiger partial charge in [0, 0.05) is 16.1 Å². The van der Waals surface area contributed by atoms with Crippen LogP contribution in [0.5, 0.6) is 0 Å². The van der Waals surface area contributed by atoms with Crippen molar-refractivity contribution >= 4 is 55.0 Å². The molecule has 5 rings (SSSR count). The Bertz CT molecular complexity index is 1040. The Labute approximate surface area is 179 Å². The molecule has 1 aliphatic carbocycles. The van der Waals surface area contributed by atoms with E-state index in [2.05, 4.69) is 48.4 Å². The van der Waals surface area contributed by atoms with Crippen molar-refractivity contribution in [2.75, 3.05) is 24.7 Å². The molecule has 3 nitrogen and oxygen atoms in total. The van der Waals surface area contributed by atoms with E-state index in [1.165, 1.54) is 26.2 Å². The molecule has 3 aromatic rings. The number of anilines is 1. The van der Waals surface area contributed by atoms with Crippen LogP contribution in [-0.4, -0.2) is 35.6 Å². The largest absolute Gasteiger partial charge is 0.377 e. The van der Waals surface area contributed by atoms with Gasteiger partial charge in [-0.15, -0.1) is 11.3 Å². The van der Waals surface area contributed by atoms with E-state index in [-0.39, 0.29) is 5.41 Å². The molecule has 0 bridgehead atoms. The Morgan fingerprint density at radius 1 is 1.29 bits per heavy atom. The normalized spacial score (nSPS) is 21.9. The number of nitrogens with zero attached hydrogens (tertiary/aromatic N) is 2. The Morgan fingerprint density at radius 3 is 3.04 bits per heavy atom. The monoisotopic (exact) mass is 428 g/mol. The van der Waals surface area contributed by atoms with Crippen LogP contribution in [0.4, 0.5) is 5.13 Å². The molecule has 1 atom stereocenters. The molecule has 2 aromatic heterocycles. The number of benzene rings is 1. The quantitative estimate of drug-likeness (QED) is 0.515. The maximum Gasteiger partial charge on any atom is 0.186 e. The number of rotatable bonds is 3. The van der Waals surface area contributed by atoms with Crippen LogP contribution in [0.25, 0.3) is 10.1 Å². The number of morpholine rings is 1. The number of thiazole rings is 1. The van der Waals surface area contributed by atoms with Crippen molar-refractivity contribution in [3.05, 3.63) is 45.8 Å². The molecule has 0 spiro atoms. The number of thiophene rings is 1. The van der Waals surface area contributed by atoms with E-state index in [4.69, 9.17) is 21.9 Å². The van der Waals surface area contributed by atoms with Gasteiger partial charge in [0.1, 0.15) is 0 Å². The fourth-order valence-corrected chi connectivity index (χ4v) is 7.08. The smallest absolute Gasteiger partial charge is 0.186 e. The molecule has 146 valence electrons. The fourth-order valence-electron chi connectivity index (χ4n) is 4.35. The lowest BCUT2D eigenvalue weighted by Gasteiger charge is -2.35. The molecule has 0 amide bonds. The molecule has 2 aliphatic rings. The summed E-state index contributed by atoms with van der Waals surface area (Å²) in [5, 5.41) is 4.80. The topological polar surface area (TPSA) is 25.4 Å². The molecular weight excluding hydrogens is 404 g/mol. The van der Waals surface area contributed by atoms with E-state index < -0.39 is 0 Å². The van der Waals surface area contributed by atoms with Gasteiger partial charge in [0.15, 0.2) is 5.13 Å². The van der Waals surface area contributed by atoms with Crippen molar-refractivity contribution in [3.63, 3.8) is 0 Å². The summed E-state index contributed by atoms with van der Waals surface area (Å²) in [5.74, 6) is 0. The predicted molar refractivity (Wildman–Crippen MR) is 123 cm³/mol. The summed E-state index contributed by atoms with van der Waals surface area (Å²) in [6.45, 7) is 7.00.